The van der Waals surface area contributed by atoms with Gasteiger partial charge in [-0.05, 0) is 83.4 Å². The number of rotatable bonds is 12. The van der Waals surface area contributed by atoms with Crippen molar-refractivity contribution in [1.82, 2.24) is 20.9 Å². The van der Waals surface area contributed by atoms with Crippen LogP contribution in [-0.2, 0) is 32.0 Å². The maximum absolute atomic E-state index is 14.1. The Bertz CT molecular complexity index is 1640. The van der Waals surface area contributed by atoms with E-state index in [2.05, 4.69) is 20.4 Å². The largest absolute Gasteiger partial charge is 0.449 e. The summed E-state index contributed by atoms with van der Waals surface area (Å²) in [6.07, 6.45) is -0.272. The van der Waals surface area contributed by atoms with Gasteiger partial charge in [-0.15, -0.1) is 0 Å². The quantitative estimate of drug-likeness (QED) is 0.253. The summed E-state index contributed by atoms with van der Waals surface area (Å²) >= 11 is 0. The van der Waals surface area contributed by atoms with E-state index in [0.29, 0.717) is 30.9 Å². The number of alkyl halides is 3. The average molecular weight is 741 g/mol. The number of nitrogens with one attached hydrogen (secondary N) is 3. The molecule has 0 bridgehead atoms. The van der Waals surface area contributed by atoms with Crippen LogP contribution in [-0.4, -0.2) is 90.0 Å². The molecule has 4 N–H and O–H groups in total. The van der Waals surface area contributed by atoms with Crippen LogP contribution < -0.4 is 16.0 Å². The molecule has 1 aromatic heterocycles. The summed E-state index contributed by atoms with van der Waals surface area (Å²) < 4.78 is 68.1. The van der Waals surface area contributed by atoms with Crippen LogP contribution in [0.5, 0.6) is 0 Å². The Morgan fingerprint density at radius 3 is 2.16 bits per heavy atom. The molecule has 15 heteroatoms. The van der Waals surface area contributed by atoms with Gasteiger partial charge in [0.2, 0.25) is 17.6 Å². The molecule has 51 heavy (non-hydrogen) atoms. The molecule has 0 spiro atoms. The van der Waals surface area contributed by atoms with Gasteiger partial charge in [0.05, 0.1) is 22.9 Å². The molecule has 1 aliphatic heterocycles. The number of fused-ring (bicyclic) bond motifs is 1. The smallest absolute Gasteiger partial charge is 0.446 e. The fourth-order valence-corrected chi connectivity index (χ4v) is 7.59. The molecule has 1 aromatic carbocycles. The number of likely N-dealkylation sites (tertiary alicyclic amines) is 1. The first-order chi connectivity index (χ1) is 23.6. The van der Waals surface area contributed by atoms with E-state index in [1.165, 1.54) is 13.8 Å². The number of sulfone groups is 1. The Morgan fingerprint density at radius 2 is 1.59 bits per heavy atom. The van der Waals surface area contributed by atoms with Gasteiger partial charge in [-0.1, -0.05) is 49.6 Å². The van der Waals surface area contributed by atoms with Crippen LogP contribution in [0, 0.1) is 11.8 Å². The van der Waals surface area contributed by atoms with Gasteiger partial charge in [-0.3, -0.25) is 19.3 Å². The number of aliphatic hydroxyl groups is 1. The topological polar surface area (TPSA) is 158 Å². The molecule has 2 unspecified atom stereocenters. The van der Waals surface area contributed by atoms with Crippen LogP contribution in [0.4, 0.5) is 13.2 Å². The van der Waals surface area contributed by atoms with E-state index in [-0.39, 0.29) is 18.9 Å². The zero-order valence-corrected chi connectivity index (χ0v) is 30.9. The second-order valence-corrected chi connectivity index (χ2v) is 18.2. The maximum atomic E-state index is 14.1. The second kappa shape index (κ2) is 15.7. The number of benzene rings is 1. The highest BCUT2D eigenvalue weighted by atomic mass is 32.2. The van der Waals surface area contributed by atoms with E-state index in [9.17, 15) is 41.1 Å². The van der Waals surface area contributed by atoms with Crippen LogP contribution >= 0.6 is 0 Å². The van der Waals surface area contributed by atoms with E-state index in [1.54, 1.807) is 30.3 Å². The van der Waals surface area contributed by atoms with Crippen molar-refractivity contribution in [2.75, 3.05) is 19.3 Å². The van der Waals surface area contributed by atoms with Crippen LogP contribution in [0.2, 0.25) is 0 Å². The third-order valence-electron chi connectivity index (χ3n) is 10.1. The predicted octanol–water partition coefficient (Wildman–Crippen LogP) is 4.10. The Hall–Kier alpha value is -3.43. The zero-order chi connectivity index (χ0) is 37.9. The first-order valence-electron chi connectivity index (χ1n) is 17.3. The molecule has 1 saturated heterocycles. The standard InChI is InChI=1S/C36H51F3N4O7S/c1-34(2,3)42-31(45)26-19-23-14-10-11-15-24(23)20-43(26)21-27(44)25(18-22-12-8-7-9-13-22)40-33(47)30(35(4,5)51(6,48)49)41-32(46)28-16-17-29(50-28)36(37,38)39/h7-9,12-13,16-17,23-27,30,44H,10-11,14-15,18-21H2,1-6H3,(H,40,47)(H,41,46)(H,42,45)/t23?,24?,25-,26-,27+,30+/m0/s1. The third-order valence-corrected chi connectivity index (χ3v) is 12.3. The molecule has 1 saturated carbocycles. The molecule has 6 atom stereocenters. The number of piperidine rings is 1. The number of furan rings is 1. The van der Waals surface area contributed by atoms with Crippen LogP contribution in [0.25, 0.3) is 0 Å². The SMILES string of the molecule is CC(C)(C)NC(=O)[C@@H]1CC2CCCCC2CN1C[C@@H](O)[C@H](Cc1ccccc1)NC(=O)[C@@H](NC(=O)c1ccc(C(F)(F)F)o1)C(C)(C)S(C)(=O)=O. The van der Waals surface area contributed by atoms with Gasteiger partial charge in [0.1, 0.15) is 6.04 Å². The number of amides is 3. The maximum Gasteiger partial charge on any atom is 0.449 e. The molecule has 2 heterocycles. The Balaban J connectivity index is 1.63. The summed E-state index contributed by atoms with van der Waals surface area (Å²) in [5.74, 6) is -3.83. The number of carbonyl (C=O) groups is 3. The van der Waals surface area contributed by atoms with Gasteiger partial charge in [-0.2, -0.15) is 13.2 Å². The van der Waals surface area contributed by atoms with Gasteiger partial charge in [-0.25, -0.2) is 8.42 Å². The Labute approximate surface area is 298 Å². The van der Waals surface area contributed by atoms with Gasteiger partial charge >= 0.3 is 6.18 Å². The van der Waals surface area contributed by atoms with Gasteiger partial charge in [0, 0.05) is 24.9 Å². The van der Waals surface area contributed by atoms with Crippen molar-refractivity contribution in [2.24, 2.45) is 11.8 Å². The Kier molecular flexibility index (Phi) is 12.4. The number of hydrogen-bond acceptors (Lipinski definition) is 8. The van der Waals surface area contributed by atoms with E-state index >= 15 is 0 Å². The number of hydrogen-bond donors (Lipinski definition) is 4. The van der Waals surface area contributed by atoms with Crippen molar-refractivity contribution in [3.05, 3.63) is 59.5 Å². The predicted molar refractivity (Wildman–Crippen MR) is 185 cm³/mol. The van der Waals surface area contributed by atoms with Gasteiger partial charge in [0.25, 0.3) is 5.91 Å². The highest BCUT2D eigenvalue weighted by molar-refractivity contribution is 7.92. The molecule has 1 aliphatic carbocycles. The number of carbonyl (C=O) groups excluding carboxylic acids is 3. The fraction of sp³-hybridized carbons (Fsp3) is 0.639. The third kappa shape index (κ3) is 10.3. The average Bonchev–Trinajstić information content (AvgIpc) is 3.53. The van der Waals surface area contributed by atoms with E-state index < -0.39 is 73.9 Å². The Morgan fingerprint density at radius 1 is 0.961 bits per heavy atom. The van der Waals surface area contributed by atoms with Crippen LogP contribution in [0.3, 0.4) is 0 Å². The number of nitrogens with zero attached hydrogens (tertiary/aromatic N) is 1. The molecular formula is C36H51F3N4O7S. The highest BCUT2D eigenvalue weighted by Gasteiger charge is 2.47. The molecular weight excluding hydrogens is 689 g/mol. The molecule has 3 amide bonds. The molecule has 4 rings (SSSR count). The minimum Gasteiger partial charge on any atom is -0.446 e. The zero-order valence-electron chi connectivity index (χ0n) is 30.0. The molecule has 2 fully saturated rings. The highest BCUT2D eigenvalue weighted by Crippen LogP contribution is 2.39. The van der Waals surface area contributed by atoms with Crippen molar-refractivity contribution >= 4 is 27.6 Å². The summed E-state index contributed by atoms with van der Waals surface area (Å²) in [4.78, 5) is 42.8. The van der Waals surface area contributed by atoms with Gasteiger partial charge in [0.15, 0.2) is 15.6 Å². The number of β-amino-alcohol motifs (C(OH)–C–C–N with tert-alkyl or cyclic N) is 1. The summed E-state index contributed by atoms with van der Waals surface area (Å²) in [7, 11) is -4.07. The summed E-state index contributed by atoms with van der Waals surface area (Å²) in [5, 5.41) is 20.0. The van der Waals surface area contributed by atoms with Crippen molar-refractivity contribution in [2.45, 2.75) is 114 Å². The molecule has 2 aliphatic rings. The van der Waals surface area contributed by atoms with Crippen molar-refractivity contribution in [3.8, 4) is 0 Å². The first-order valence-corrected chi connectivity index (χ1v) is 19.2. The second-order valence-electron chi connectivity index (χ2n) is 15.6. The molecule has 2 aromatic rings. The lowest BCUT2D eigenvalue weighted by Crippen LogP contribution is -2.64. The van der Waals surface area contributed by atoms with Crippen LogP contribution in [0.1, 0.15) is 88.6 Å². The summed E-state index contributed by atoms with van der Waals surface area (Å²) in [6.45, 7) is 8.72. The minimum atomic E-state index is -4.87. The normalized spacial score (nSPS) is 22.3. The van der Waals surface area contributed by atoms with E-state index in [4.69, 9.17) is 0 Å². The number of aliphatic hydroxyl groups excluding tert-OH is 1. The van der Waals surface area contributed by atoms with Gasteiger partial charge < -0.3 is 25.5 Å². The summed E-state index contributed by atoms with van der Waals surface area (Å²) in [6, 6.07) is 6.97. The minimum absolute atomic E-state index is 0.0162. The molecule has 11 nitrogen and oxygen atoms in total. The van der Waals surface area contributed by atoms with Crippen LogP contribution in [0.15, 0.2) is 46.9 Å². The van der Waals surface area contributed by atoms with Crippen molar-refractivity contribution < 1.29 is 45.5 Å². The lowest BCUT2D eigenvalue weighted by molar-refractivity contribution is -0.153. The monoisotopic (exact) mass is 740 g/mol. The van der Waals surface area contributed by atoms with Crippen molar-refractivity contribution in [3.63, 3.8) is 0 Å². The lowest BCUT2D eigenvalue weighted by Gasteiger charge is -2.47. The molecule has 284 valence electrons. The fourth-order valence-electron chi connectivity index (χ4n) is 7.00. The van der Waals surface area contributed by atoms with E-state index in [1.807, 2.05) is 25.7 Å². The lowest BCUT2D eigenvalue weighted by atomic mass is 9.72. The molecule has 0 radical (unpaired) electrons. The number of halogens is 3. The van der Waals surface area contributed by atoms with E-state index in [0.717, 1.165) is 43.6 Å². The first kappa shape index (κ1) is 40.3. The summed E-state index contributed by atoms with van der Waals surface area (Å²) in [5.41, 5.74) is 0.262. The van der Waals surface area contributed by atoms with Crippen molar-refractivity contribution in [1.29, 1.82) is 0 Å².